The van der Waals surface area contributed by atoms with E-state index in [-0.39, 0.29) is 11.7 Å². The lowest BCUT2D eigenvalue weighted by Crippen LogP contribution is -2.10. The summed E-state index contributed by atoms with van der Waals surface area (Å²) >= 11 is 6.44. The van der Waals surface area contributed by atoms with Crippen LogP contribution in [0.5, 0.6) is 0 Å². The molecule has 0 aliphatic heterocycles. The third-order valence-corrected chi connectivity index (χ3v) is 6.81. The molecule has 0 saturated carbocycles. The highest BCUT2D eigenvalue weighted by Gasteiger charge is 2.47. The standard InChI is InChI=1S/C20H25ClO2P/c1-12-7-14(3)18(15(4)8-12)11-24(21,23)20(22)19-16(5)9-13(2)10-17(19)6/h7-10,23H,11H2,1-6H3/q+1. The second kappa shape index (κ2) is 6.96. The van der Waals surface area contributed by atoms with Gasteiger partial charge in [-0.05, 0) is 69.4 Å². The molecule has 2 aromatic rings. The molecule has 24 heavy (non-hydrogen) atoms. The van der Waals surface area contributed by atoms with Crippen LogP contribution in [0.15, 0.2) is 24.3 Å². The normalized spacial score (nSPS) is 13.7. The molecule has 0 aliphatic rings. The van der Waals surface area contributed by atoms with Crippen molar-refractivity contribution in [2.75, 3.05) is 0 Å². The molecule has 128 valence electrons. The Bertz CT molecular complexity index is 763. The summed E-state index contributed by atoms with van der Waals surface area (Å²) in [5, 5.41) is 0. The van der Waals surface area contributed by atoms with Gasteiger partial charge in [-0.1, -0.05) is 35.4 Å². The van der Waals surface area contributed by atoms with Gasteiger partial charge in [-0.15, -0.1) is 0 Å². The average Bonchev–Trinajstić information content (AvgIpc) is 2.41. The molecule has 1 N–H and O–H groups in total. The van der Waals surface area contributed by atoms with Crippen LogP contribution in [0, 0.1) is 41.5 Å². The summed E-state index contributed by atoms with van der Waals surface area (Å²) in [7, 11) is 0. The van der Waals surface area contributed by atoms with Crippen LogP contribution < -0.4 is 0 Å². The summed E-state index contributed by atoms with van der Waals surface area (Å²) in [4.78, 5) is 23.8. The monoisotopic (exact) mass is 363 g/mol. The molecule has 1 unspecified atom stereocenters. The maximum atomic E-state index is 13.0. The maximum absolute atomic E-state index is 13.0. The van der Waals surface area contributed by atoms with Crippen molar-refractivity contribution < 1.29 is 9.69 Å². The summed E-state index contributed by atoms with van der Waals surface area (Å²) < 4.78 is 0. The van der Waals surface area contributed by atoms with Gasteiger partial charge in [-0.2, -0.15) is 0 Å². The van der Waals surface area contributed by atoms with Gasteiger partial charge in [0.2, 0.25) is 0 Å². The highest BCUT2D eigenvalue weighted by Crippen LogP contribution is 2.65. The number of aryl methyl sites for hydroxylation is 6. The lowest BCUT2D eigenvalue weighted by atomic mass is 10.0. The molecular formula is C20H25ClO2P+. The van der Waals surface area contributed by atoms with Crippen LogP contribution in [-0.2, 0) is 6.16 Å². The summed E-state index contributed by atoms with van der Waals surface area (Å²) in [6.45, 7) is 8.54. The fourth-order valence-electron chi connectivity index (χ4n) is 3.43. The smallest absolute Gasteiger partial charge is 0.242 e. The predicted molar refractivity (Wildman–Crippen MR) is 104 cm³/mol. The summed E-state index contributed by atoms with van der Waals surface area (Å²) in [5.41, 5.74) is 7.36. The molecule has 0 fully saturated rings. The van der Waals surface area contributed by atoms with Crippen LogP contribution in [0.3, 0.4) is 0 Å². The molecule has 0 aliphatic carbocycles. The summed E-state index contributed by atoms with van der Waals surface area (Å²) in [6.07, 6.45) is 0.206. The molecule has 0 saturated heterocycles. The van der Waals surface area contributed by atoms with E-state index in [0.717, 1.165) is 33.4 Å². The van der Waals surface area contributed by atoms with Gasteiger partial charge < -0.3 is 0 Å². The van der Waals surface area contributed by atoms with Gasteiger partial charge in [0, 0.05) is 0 Å². The van der Waals surface area contributed by atoms with Gasteiger partial charge in [0.1, 0.15) is 17.4 Å². The van der Waals surface area contributed by atoms with Crippen molar-refractivity contribution in [3.8, 4) is 0 Å². The molecular weight excluding hydrogens is 339 g/mol. The second-order valence-electron chi connectivity index (χ2n) is 6.79. The van der Waals surface area contributed by atoms with E-state index >= 15 is 0 Å². The molecule has 4 heteroatoms. The number of hydrogen-bond acceptors (Lipinski definition) is 2. The Labute approximate surface area is 150 Å². The Hall–Kier alpha value is -1.21. The van der Waals surface area contributed by atoms with Crippen molar-refractivity contribution in [3.05, 3.63) is 68.8 Å². The third kappa shape index (κ3) is 3.88. The van der Waals surface area contributed by atoms with E-state index in [0.29, 0.717) is 5.56 Å². The molecule has 2 rings (SSSR count). The minimum absolute atomic E-state index is 0.206. The van der Waals surface area contributed by atoms with Crippen molar-refractivity contribution in [1.29, 1.82) is 0 Å². The molecule has 0 amide bonds. The first-order valence-corrected chi connectivity index (χ1v) is 10.9. The molecule has 0 radical (unpaired) electrons. The van der Waals surface area contributed by atoms with E-state index in [1.54, 1.807) is 0 Å². The fraction of sp³-hybridized carbons (Fsp3) is 0.350. The van der Waals surface area contributed by atoms with Crippen molar-refractivity contribution in [2.45, 2.75) is 47.7 Å². The van der Waals surface area contributed by atoms with Gasteiger partial charge in [-0.3, -0.25) is 0 Å². The van der Waals surface area contributed by atoms with E-state index in [4.69, 9.17) is 11.2 Å². The zero-order chi connectivity index (χ0) is 18.2. The van der Waals surface area contributed by atoms with Crippen LogP contribution >= 0.6 is 18.1 Å². The first-order chi connectivity index (χ1) is 11.0. The van der Waals surface area contributed by atoms with E-state index in [2.05, 4.69) is 12.1 Å². The number of benzene rings is 2. The Morgan fingerprint density at radius 1 is 0.875 bits per heavy atom. The van der Waals surface area contributed by atoms with Crippen LogP contribution in [-0.4, -0.2) is 10.4 Å². The third-order valence-electron chi connectivity index (χ3n) is 4.41. The molecule has 0 bridgehead atoms. The molecule has 0 aromatic heterocycles. The van der Waals surface area contributed by atoms with Crippen LogP contribution in [0.2, 0.25) is 0 Å². The van der Waals surface area contributed by atoms with E-state index in [9.17, 15) is 9.69 Å². The number of rotatable bonds is 4. The number of halogens is 1. The molecule has 2 nitrogen and oxygen atoms in total. The zero-order valence-electron chi connectivity index (χ0n) is 15.2. The van der Waals surface area contributed by atoms with Crippen molar-refractivity contribution in [1.82, 2.24) is 0 Å². The van der Waals surface area contributed by atoms with Gasteiger partial charge in [0.05, 0.1) is 5.56 Å². The van der Waals surface area contributed by atoms with Gasteiger partial charge in [0.15, 0.2) is 0 Å². The Kier molecular flexibility index (Phi) is 5.54. The first kappa shape index (κ1) is 19.1. The van der Waals surface area contributed by atoms with E-state index in [1.165, 1.54) is 5.56 Å². The van der Waals surface area contributed by atoms with Crippen LogP contribution in [0.25, 0.3) is 0 Å². The van der Waals surface area contributed by atoms with Gasteiger partial charge >= 0.3 is 12.4 Å². The molecule has 2 aromatic carbocycles. The lowest BCUT2D eigenvalue weighted by Gasteiger charge is -2.16. The Morgan fingerprint density at radius 3 is 1.67 bits per heavy atom. The van der Waals surface area contributed by atoms with Crippen molar-refractivity contribution in [3.63, 3.8) is 0 Å². The number of carbonyl (C=O) groups excluding carboxylic acids is 1. The number of hydrogen-bond donors (Lipinski definition) is 1. The zero-order valence-corrected chi connectivity index (χ0v) is 16.8. The minimum Gasteiger partial charge on any atom is -0.242 e. The largest absolute Gasteiger partial charge is 0.345 e. The maximum Gasteiger partial charge on any atom is 0.345 e. The summed E-state index contributed by atoms with van der Waals surface area (Å²) in [5.74, 6) is 0. The first-order valence-electron chi connectivity index (χ1n) is 8.03. The highest BCUT2D eigenvalue weighted by atomic mass is 35.7. The van der Waals surface area contributed by atoms with E-state index in [1.807, 2.05) is 53.7 Å². The average molecular weight is 364 g/mol. The van der Waals surface area contributed by atoms with Crippen molar-refractivity contribution >= 4 is 23.6 Å². The molecule has 0 heterocycles. The predicted octanol–water partition coefficient (Wildman–Crippen LogP) is 5.96. The fourth-order valence-corrected chi connectivity index (χ4v) is 5.80. The Morgan fingerprint density at radius 2 is 1.25 bits per heavy atom. The van der Waals surface area contributed by atoms with Crippen molar-refractivity contribution in [2.24, 2.45) is 0 Å². The molecule has 1 atom stereocenters. The minimum atomic E-state index is -3.28. The van der Waals surface area contributed by atoms with E-state index < -0.39 is 6.84 Å². The molecule has 0 spiro atoms. The summed E-state index contributed by atoms with van der Waals surface area (Å²) in [6, 6.07) is 8.04. The topological polar surface area (TPSA) is 37.3 Å². The Balaban J connectivity index is 2.43. The lowest BCUT2D eigenvalue weighted by molar-refractivity contribution is 0.107. The van der Waals surface area contributed by atoms with Gasteiger partial charge in [-0.25, -0.2) is 9.69 Å². The van der Waals surface area contributed by atoms with Gasteiger partial charge in [0.25, 0.3) is 0 Å². The van der Waals surface area contributed by atoms with Crippen LogP contribution in [0.4, 0.5) is 0 Å². The van der Waals surface area contributed by atoms with Crippen LogP contribution in [0.1, 0.15) is 49.3 Å². The quantitative estimate of drug-likeness (QED) is 0.681. The number of carbonyl (C=O) groups is 1. The highest BCUT2D eigenvalue weighted by molar-refractivity contribution is 8.06. The second-order valence-corrected chi connectivity index (χ2v) is 10.6. The SMILES string of the molecule is Cc1cc(C)c(C[P+](O)(Cl)C(=O)c2c(C)cc(C)cc2C)c(C)c1.